The number of alkyl halides is 1. The van der Waals surface area contributed by atoms with E-state index in [1.165, 1.54) is 13.8 Å². The lowest BCUT2D eigenvalue weighted by molar-refractivity contribution is -0.288. The van der Waals surface area contributed by atoms with E-state index >= 15 is 0 Å². The third-order valence-electron chi connectivity index (χ3n) is 4.31. The minimum atomic E-state index is -1.28. The molecule has 0 amide bonds. The fraction of sp³-hybridized carbons (Fsp3) is 0.524. The zero-order valence-electron chi connectivity index (χ0n) is 18.1. The summed E-state index contributed by atoms with van der Waals surface area (Å²) in [5.74, 6) is -2.28. The van der Waals surface area contributed by atoms with Crippen LogP contribution in [0.5, 0.6) is 5.75 Å². The van der Waals surface area contributed by atoms with Crippen molar-refractivity contribution in [1.82, 2.24) is 0 Å². The summed E-state index contributed by atoms with van der Waals surface area (Å²) in [5.41, 5.74) is 0.778. The molecule has 0 N–H and O–H groups in total. The Kier molecular flexibility index (Phi) is 9.45. The maximum absolute atomic E-state index is 11.8. The van der Waals surface area contributed by atoms with Gasteiger partial charge in [0.15, 0.2) is 12.2 Å². The van der Waals surface area contributed by atoms with Gasteiger partial charge in [-0.05, 0) is 6.07 Å². The molecular formula is C21H25BrO10. The Hall–Kier alpha value is -2.66. The zero-order chi connectivity index (χ0) is 23.8. The van der Waals surface area contributed by atoms with Gasteiger partial charge in [-0.3, -0.25) is 19.2 Å². The van der Waals surface area contributed by atoms with Crippen LogP contribution in [-0.2, 0) is 48.2 Å². The van der Waals surface area contributed by atoms with Crippen LogP contribution in [0.2, 0.25) is 0 Å². The van der Waals surface area contributed by atoms with E-state index in [9.17, 15) is 19.2 Å². The van der Waals surface area contributed by atoms with Crippen molar-refractivity contribution in [1.29, 1.82) is 0 Å². The summed E-state index contributed by atoms with van der Waals surface area (Å²) in [6.45, 7) is 4.36. The molecule has 0 unspecified atom stereocenters. The highest BCUT2D eigenvalue weighted by atomic mass is 79.9. The standard InChI is InChI=1S/C21H25BrO10/c1-11(23)27-10-17-18(28-12(2)24)19(29-13(3)25)20(30-14(4)26)21(32-17)31-16-8-6-5-7-15(16)9-22/h5-8,17-21H,9-10H2,1-4H3/t17-,18-,19+,20-,21-/m1/s1. The van der Waals surface area contributed by atoms with Crippen molar-refractivity contribution in [3.63, 3.8) is 0 Å². The van der Waals surface area contributed by atoms with Gasteiger partial charge in [0.2, 0.25) is 12.4 Å². The number of esters is 4. The molecule has 1 aromatic carbocycles. The maximum atomic E-state index is 11.8. The highest BCUT2D eigenvalue weighted by Crippen LogP contribution is 2.32. The number of halogens is 1. The predicted molar refractivity (Wildman–Crippen MR) is 112 cm³/mol. The van der Waals surface area contributed by atoms with Crippen molar-refractivity contribution >= 4 is 39.8 Å². The molecule has 2 rings (SSSR count). The summed E-state index contributed by atoms with van der Waals surface area (Å²) in [6.07, 6.45) is -6.13. The van der Waals surface area contributed by atoms with Gasteiger partial charge in [0.05, 0.1) is 0 Å². The van der Waals surface area contributed by atoms with Crippen LogP contribution in [0.15, 0.2) is 24.3 Å². The second kappa shape index (κ2) is 11.8. The van der Waals surface area contributed by atoms with Gasteiger partial charge in [-0.1, -0.05) is 34.1 Å². The van der Waals surface area contributed by atoms with Crippen molar-refractivity contribution in [3.8, 4) is 5.75 Å². The van der Waals surface area contributed by atoms with Crippen molar-refractivity contribution in [2.24, 2.45) is 0 Å². The van der Waals surface area contributed by atoms with Crippen LogP contribution in [0.4, 0.5) is 0 Å². The lowest BCUT2D eigenvalue weighted by atomic mass is 9.98. The topological polar surface area (TPSA) is 124 Å². The smallest absolute Gasteiger partial charge is 0.303 e. The molecule has 1 aliphatic rings. The van der Waals surface area contributed by atoms with Crippen LogP contribution >= 0.6 is 15.9 Å². The van der Waals surface area contributed by atoms with Gasteiger partial charge in [0, 0.05) is 38.6 Å². The van der Waals surface area contributed by atoms with Gasteiger partial charge in [-0.2, -0.15) is 0 Å². The number of carbonyl (C=O) groups excluding carboxylic acids is 4. The maximum Gasteiger partial charge on any atom is 0.303 e. The molecule has 1 aromatic rings. The number of ether oxygens (including phenoxy) is 6. The van der Waals surface area contributed by atoms with Gasteiger partial charge in [-0.15, -0.1) is 0 Å². The molecule has 1 fully saturated rings. The molecule has 176 valence electrons. The molecule has 10 nitrogen and oxygen atoms in total. The average molecular weight is 517 g/mol. The van der Waals surface area contributed by atoms with Gasteiger partial charge >= 0.3 is 23.9 Å². The Morgan fingerprint density at radius 2 is 1.41 bits per heavy atom. The summed E-state index contributed by atoms with van der Waals surface area (Å²) in [7, 11) is 0. The molecule has 1 aliphatic heterocycles. The Balaban J connectivity index is 2.48. The molecule has 32 heavy (non-hydrogen) atoms. The Morgan fingerprint density at radius 3 is 1.97 bits per heavy atom. The van der Waals surface area contributed by atoms with E-state index in [2.05, 4.69) is 15.9 Å². The van der Waals surface area contributed by atoms with Crippen LogP contribution in [0, 0.1) is 0 Å². The summed E-state index contributed by atoms with van der Waals surface area (Å²) < 4.78 is 33.0. The summed E-state index contributed by atoms with van der Waals surface area (Å²) >= 11 is 3.37. The zero-order valence-corrected chi connectivity index (χ0v) is 19.7. The van der Waals surface area contributed by atoms with Crippen molar-refractivity contribution < 1.29 is 47.6 Å². The van der Waals surface area contributed by atoms with Crippen molar-refractivity contribution in [2.75, 3.05) is 6.61 Å². The number of hydrogen-bond acceptors (Lipinski definition) is 10. The minimum Gasteiger partial charge on any atom is -0.463 e. The summed E-state index contributed by atoms with van der Waals surface area (Å²) in [5, 5.41) is 0.467. The lowest BCUT2D eigenvalue weighted by Crippen LogP contribution is -2.63. The van der Waals surface area contributed by atoms with E-state index in [4.69, 9.17) is 28.4 Å². The molecule has 11 heteroatoms. The fourth-order valence-electron chi connectivity index (χ4n) is 3.14. The average Bonchev–Trinajstić information content (AvgIpc) is 2.70. The molecular weight excluding hydrogens is 492 g/mol. The number of benzene rings is 1. The van der Waals surface area contributed by atoms with Gasteiger partial charge in [0.1, 0.15) is 18.5 Å². The number of hydrogen-bond donors (Lipinski definition) is 0. The van der Waals surface area contributed by atoms with Crippen LogP contribution in [-0.4, -0.2) is 61.2 Å². The number of para-hydroxylation sites is 1. The summed E-state index contributed by atoms with van der Waals surface area (Å²) in [4.78, 5) is 46.8. The highest BCUT2D eigenvalue weighted by Gasteiger charge is 2.53. The van der Waals surface area contributed by atoms with Crippen molar-refractivity contribution in [2.45, 2.75) is 63.7 Å². The molecule has 0 spiro atoms. The van der Waals surface area contributed by atoms with Crippen LogP contribution < -0.4 is 4.74 Å². The first-order valence-corrected chi connectivity index (χ1v) is 10.9. The SMILES string of the molecule is CC(=O)OC[C@H]1O[C@@H](Oc2ccccc2CBr)[C@H](OC(C)=O)[C@@H](OC(C)=O)[C@@H]1OC(C)=O. The molecule has 0 aromatic heterocycles. The van der Waals surface area contributed by atoms with Gasteiger partial charge in [-0.25, -0.2) is 0 Å². The second-order valence-electron chi connectivity index (χ2n) is 6.93. The monoisotopic (exact) mass is 516 g/mol. The van der Waals surface area contributed by atoms with Crippen molar-refractivity contribution in [3.05, 3.63) is 29.8 Å². The Bertz CT molecular complexity index is 842. The van der Waals surface area contributed by atoms with E-state index in [1.54, 1.807) is 12.1 Å². The van der Waals surface area contributed by atoms with Crippen LogP contribution in [0.25, 0.3) is 0 Å². The van der Waals surface area contributed by atoms with E-state index in [-0.39, 0.29) is 6.61 Å². The molecule has 0 aliphatic carbocycles. The van der Waals surface area contributed by atoms with Gasteiger partial charge in [0.25, 0.3) is 0 Å². The molecule has 5 atom stereocenters. The first kappa shape index (κ1) is 25.6. The molecule has 1 saturated heterocycles. The molecule has 0 bridgehead atoms. The van der Waals surface area contributed by atoms with E-state index < -0.39 is 54.6 Å². The second-order valence-corrected chi connectivity index (χ2v) is 7.49. The van der Waals surface area contributed by atoms with Crippen LogP contribution in [0.1, 0.15) is 33.3 Å². The van der Waals surface area contributed by atoms with E-state index in [0.717, 1.165) is 19.4 Å². The van der Waals surface area contributed by atoms with Gasteiger partial charge < -0.3 is 28.4 Å². The normalized spacial score (nSPS) is 24.7. The molecule has 0 radical (unpaired) electrons. The number of carbonyl (C=O) groups is 4. The molecule has 1 heterocycles. The third kappa shape index (κ3) is 7.20. The minimum absolute atomic E-state index is 0.322. The predicted octanol–water partition coefficient (Wildman–Crippen LogP) is 2.04. The fourth-order valence-corrected chi connectivity index (χ4v) is 3.60. The van der Waals surface area contributed by atoms with Crippen LogP contribution in [0.3, 0.4) is 0 Å². The largest absolute Gasteiger partial charge is 0.463 e. The van der Waals surface area contributed by atoms with E-state index in [0.29, 0.717) is 11.1 Å². The summed E-state index contributed by atoms with van der Waals surface area (Å²) in [6, 6.07) is 7.06. The molecule has 0 saturated carbocycles. The third-order valence-corrected chi connectivity index (χ3v) is 4.91. The Labute approximate surface area is 193 Å². The quantitative estimate of drug-likeness (QED) is 0.288. The first-order valence-electron chi connectivity index (χ1n) is 9.73. The Morgan fingerprint density at radius 1 is 0.844 bits per heavy atom. The van der Waals surface area contributed by atoms with E-state index in [1.807, 2.05) is 12.1 Å². The lowest BCUT2D eigenvalue weighted by Gasteiger charge is -2.44. The first-order chi connectivity index (χ1) is 15.1. The highest BCUT2D eigenvalue weighted by molar-refractivity contribution is 9.08. The number of rotatable bonds is 8.